The first-order valence-electron chi connectivity index (χ1n) is 6.99. The molecule has 0 saturated carbocycles. The molecular formula is C16H24Br2O. The molecule has 19 heavy (non-hydrogen) atoms. The van der Waals surface area contributed by atoms with Gasteiger partial charge >= 0.3 is 0 Å². The Kier molecular flexibility index (Phi) is 7.45. The topological polar surface area (TPSA) is 9.23 Å². The van der Waals surface area contributed by atoms with Crippen LogP contribution in [0.5, 0.6) is 5.75 Å². The van der Waals surface area contributed by atoms with Gasteiger partial charge in [-0.15, -0.1) is 0 Å². The number of methoxy groups -OCH3 is 1. The van der Waals surface area contributed by atoms with Gasteiger partial charge < -0.3 is 4.74 Å². The van der Waals surface area contributed by atoms with Crippen molar-refractivity contribution in [1.82, 2.24) is 0 Å². The highest BCUT2D eigenvalue weighted by Crippen LogP contribution is 2.38. The van der Waals surface area contributed by atoms with Gasteiger partial charge in [-0.05, 0) is 48.4 Å². The summed E-state index contributed by atoms with van der Waals surface area (Å²) in [5.41, 5.74) is 1.64. The van der Waals surface area contributed by atoms with Gasteiger partial charge in [0.1, 0.15) is 5.75 Å². The lowest BCUT2D eigenvalue weighted by atomic mass is 9.77. The molecule has 1 aromatic rings. The van der Waals surface area contributed by atoms with Gasteiger partial charge in [-0.25, -0.2) is 0 Å². The van der Waals surface area contributed by atoms with Gasteiger partial charge in [0.15, 0.2) is 0 Å². The van der Waals surface area contributed by atoms with E-state index in [2.05, 4.69) is 51.8 Å². The fourth-order valence-electron chi connectivity index (χ4n) is 2.44. The number of hydrogen-bond donors (Lipinski definition) is 0. The van der Waals surface area contributed by atoms with Crippen molar-refractivity contribution < 1.29 is 4.74 Å². The molecule has 1 atom stereocenters. The average Bonchev–Trinajstić information content (AvgIpc) is 2.44. The van der Waals surface area contributed by atoms with Crippen molar-refractivity contribution in [1.29, 1.82) is 0 Å². The van der Waals surface area contributed by atoms with Gasteiger partial charge in [-0.2, -0.15) is 0 Å². The zero-order valence-corrected chi connectivity index (χ0v) is 15.3. The molecule has 1 unspecified atom stereocenters. The Morgan fingerprint density at radius 1 is 1.26 bits per heavy atom. The maximum Gasteiger partial charge on any atom is 0.122 e. The Bertz CT molecular complexity index is 386. The van der Waals surface area contributed by atoms with Gasteiger partial charge in [-0.3, -0.25) is 0 Å². The van der Waals surface area contributed by atoms with Gasteiger partial charge in [0.25, 0.3) is 0 Å². The van der Waals surface area contributed by atoms with Crippen molar-refractivity contribution in [3.8, 4) is 5.75 Å². The van der Waals surface area contributed by atoms with Crippen LogP contribution < -0.4 is 4.74 Å². The first-order chi connectivity index (χ1) is 9.10. The van der Waals surface area contributed by atoms with Crippen LogP contribution in [0.2, 0.25) is 0 Å². The summed E-state index contributed by atoms with van der Waals surface area (Å²) in [7, 11) is 1.75. The number of hydrogen-bond acceptors (Lipinski definition) is 1. The van der Waals surface area contributed by atoms with Crippen LogP contribution in [0.1, 0.15) is 45.1 Å². The van der Waals surface area contributed by atoms with E-state index in [-0.39, 0.29) is 0 Å². The lowest BCUT2D eigenvalue weighted by Gasteiger charge is -2.31. The second kappa shape index (κ2) is 8.31. The van der Waals surface area contributed by atoms with Crippen LogP contribution in [-0.2, 0) is 6.42 Å². The summed E-state index contributed by atoms with van der Waals surface area (Å²) < 4.78 is 6.63. The van der Waals surface area contributed by atoms with Gasteiger partial charge in [-0.1, -0.05) is 58.5 Å². The Hall–Kier alpha value is -0.0200. The molecule has 1 nitrogen and oxygen atoms in total. The van der Waals surface area contributed by atoms with Crippen molar-refractivity contribution in [2.45, 2.75) is 46.0 Å². The SMILES string of the molecule is CCCCC(CC)(CBr)Cc1cc(Br)ccc1OC. The molecule has 0 aromatic heterocycles. The number of ether oxygens (including phenoxy) is 1. The van der Waals surface area contributed by atoms with E-state index < -0.39 is 0 Å². The molecule has 1 rings (SSSR count). The normalized spacial score (nSPS) is 14.2. The first-order valence-corrected chi connectivity index (χ1v) is 8.90. The molecule has 0 amide bonds. The lowest BCUT2D eigenvalue weighted by molar-refractivity contribution is 0.279. The number of alkyl halides is 1. The predicted molar refractivity (Wildman–Crippen MR) is 90.4 cm³/mol. The second-order valence-corrected chi connectivity index (χ2v) is 6.70. The molecule has 0 saturated heterocycles. The smallest absolute Gasteiger partial charge is 0.122 e. The van der Waals surface area contributed by atoms with E-state index in [1.54, 1.807) is 7.11 Å². The number of rotatable bonds is 8. The molecule has 0 bridgehead atoms. The Labute approximate surface area is 134 Å². The van der Waals surface area contributed by atoms with Crippen molar-refractivity contribution in [2.24, 2.45) is 5.41 Å². The summed E-state index contributed by atoms with van der Waals surface area (Å²) in [5, 5.41) is 1.05. The van der Waals surface area contributed by atoms with E-state index in [4.69, 9.17) is 4.74 Å². The summed E-state index contributed by atoms with van der Waals surface area (Å²) in [6.07, 6.45) is 6.06. The highest BCUT2D eigenvalue weighted by molar-refractivity contribution is 9.10. The molecule has 0 aliphatic carbocycles. The molecule has 0 aliphatic heterocycles. The molecule has 0 aliphatic rings. The van der Waals surface area contributed by atoms with Crippen LogP contribution in [0, 0.1) is 5.41 Å². The Morgan fingerprint density at radius 3 is 2.53 bits per heavy atom. The second-order valence-electron chi connectivity index (χ2n) is 5.22. The molecule has 0 fully saturated rings. The molecule has 3 heteroatoms. The van der Waals surface area contributed by atoms with Crippen molar-refractivity contribution in [2.75, 3.05) is 12.4 Å². The van der Waals surface area contributed by atoms with E-state index in [1.165, 1.54) is 31.2 Å². The van der Waals surface area contributed by atoms with E-state index in [0.29, 0.717) is 5.41 Å². The zero-order valence-electron chi connectivity index (χ0n) is 12.1. The van der Waals surface area contributed by atoms with Gasteiger partial charge in [0, 0.05) is 9.80 Å². The largest absolute Gasteiger partial charge is 0.496 e. The molecule has 0 heterocycles. The summed E-state index contributed by atoms with van der Waals surface area (Å²) >= 11 is 7.30. The molecule has 0 radical (unpaired) electrons. The fourth-order valence-corrected chi connectivity index (χ4v) is 3.72. The third-order valence-corrected chi connectivity index (χ3v) is 5.58. The van der Waals surface area contributed by atoms with Crippen LogP contribution in [-0.4, -0.2) is 12.4 Å². The molecule has 108 valence electrons. The minimum atomic E-state index is 0.337. The molecular weight excluding hydrogens is 368 g/mol. The Morgan fingerprint density at radius 2 is 2.00 bits per heavy atom. The standard InChI is InChI=1S/C16H24Br2O/c1-4-6-9-16(5-2,12-17)11-13-10-14(18)7-8-15(13)19-3/h7-8,10H,4-6,9,11-12H2,1-3H3. The maximum absolute atomic E-state index is 5.50. The number of halogens is 2. The van der Waals surface area contributed by atoms with Crippen LogP contribution in [0.15, 0.2) is 22.7 Å². The summed E-state index contributed by atoms with van der Waals surface area (Å²) in [6.45, 7) is 4.55. The molecule has 0 spiro atoms. The molecule has 0 N–H and O–H groups in total. The third-order valence-electron chi connectivity index (χ3n) is 3.90. The van der Waals surface area contributed by atoms with Crippen molar-refractivity contribution in [3.63, 3.8) is 0 Å². The van der Waals surface area contributed by atoms with E-state index in [1.807, 2.05) is 12.1 Å². The van der Waals surface area contributed by atoms with Crippen molar-refractivity contribution >= 4 is 31.9 Å². The van der Waals surface area contributed by atoms with E-state index in [9.17, 15) is 0 Å². The van der Waals surface area contributed by atoms with E-state index in [0.717, 1.165) is 22.0 Å². The fraction of sp³-hybridized carbons (Fsp3) is 0.625. The highest BCUT2D eigenvalue weighted by atomic mass is 79.9. The van der Waals surface area contributed by atoms with Gasteiger partial charge in [0.2, 0.25) is 0 Å². The van der Waals surface area contributed by atoms with E-state index >= 15 is 0 Å². The van der Waals surface area contributed by atoms with Gasteiger partial charge in [0.05, 0.1) is 7.11 Å². The average molecular weight is 392 g/mol. The zero-order chi connectivity index (χ0) is 14.3. The number of benzene rings is 1. The quantitative estimate of drug-likeness (QED) is 0.495. The summed E-state index contributed by atoms with van der Waals surface area (Å²) in [5.74, 6) is 0.999. The Balaban J connectivity index is 2.98. The van der Waals surface area contributed by atoms with Crippen LogP contribution in [0.25, 0.3) is 0 Å². The minimum Gasteiger partial charge on any atom is -0.496 e. The highest BCUT2D eigenvalue weighted by Gasteiger charge is 2.28. The third kappa shape index (κ3) is 4.78. The summed E-state index contributed by atoms with van der Waals surface area (Å²) in [6, 6.07) is 6.28. The van der Waals surface area contributed by atoms with Crippen LogP contribution in [0.4, 0.5) is 0 Å². The predicted octanol–water partition coefficient (Wildman–Crippen LogP) is 5.98. The molecule has 1 aromatic carbocycles. The lowest BCUT2D eigenvalue weighted by Crippen LogP contribution is -2.25. The van der Waals surface area contributed by atoms with Crippen molar-refractivity contribution in [3.05, 3.63) is 28.2 Å². The first kappa shape index (κ1) is 17.0. The monoisotopic (exact) mass is 390 g/mol. The maximum atomic E-state index is 5.50. The van der Waals surface area contributed by atoms with Crippen LogP contribution in [0.3, 0.4) is 0 Å². The minimum absolute atomic E-state index is 0.337. The number of unbranched alkanes of at least 4 members (excludes halogenated alkanes) is 1. The van der Waals surface area contributed by atoms with Crippen LogP contribution >= 0.6 is 31.9 Å². The summed E-state index contributed by atoms with van der Waals surface area (Å²) in [4.78, 5) is 0.